The zero-order valence-electron chi connectivity index (χ0n) is 7.20. The molecular formula is C11H10BrN. The quantitative estimate of drug-likeness (QED) is 0.710. The van der Waals surface area contributed by atoms with Gasteiger partial charge in [0.05, 0.1) is 0 Å². The molecule has 13 heavy (non-hydrogen) atoms. The molecule has 0 saturated heterocycles. The van der Waals surface area contributed by atoms with E-state index in [0.717, 1.165) is 10.5 Å². The molecule has 0 spiro atoms. The molecule has 0 N–H and O–H groups in total. The number of aromatic nitrogens is 1. The average molecular weight is 236 g/mol. The second kappa shape index (κ2) is 2.61. The predicted octanol–water partition coefficient (Wildman–Crippen LogP) is 3.74. The van der Waals surface area contributed by atoms with Gasteiger partial charge in [-0.1, -0.05) is 15.9 Å². The fourth-order valence-electron chi connectivity index (χ4n) is 1.81. The van der Waals surface area contributed by atoms with E-state index in [2.05, 4.69) is 51.0 Å². The Kier molecular flexibility index (Phi) is 1.53. The van der Waals surface area contributed by atoms with Crippen molar-refractivity contribution in [2.45, 2.75) is 18.9 Å². The van der Waals surface area contributed by atoms with Crippen LogP contribution in [0.2, 0.25) is 0 Å². The molecule has 1 saturated carbocycles. The summed E-state index contributed by atoms with van der Waals surface area (Å²) in [5.74, 6) is 0. The molecule has 1 aliphatic carbocycles. The molecule has 2 aromatic rings. The van der Waals surface area contributed by atoms with E-state index in [-0.39, 0.29) is 0 Å². The number of fused-ring (bicyclic) bond motifs is 1. The Balaban J connectivity index is 2.26. The molecule has 2 heteroatoms. The number of hydrogen-bond acceptors (Lipinski definition) is 0. The van der Waals surface area contributed by atoms with Crippen LogP contribution in [0, 0.1) is 0 Å². The SMILES string of the molecule is Brc1ccc2c(ccn2C2CC2)c1. The topological polar surface area (TPSA) is 4.93 Å². The average Bonchev–Trinajstić information content (AvgIpc) is 2.87. The van der Waals surface area contributed by atoms with E-state index < -0.39 is 0 Å². The zero-order valence-corrected chi connectivity index (χ0v) is 8.79. The fraction of sp³-hybridized carbons (Fsp3) is 0.273. The number of rotatable bonds is 1. The highest BCUT2D eigenvalue weighted by molar-refractivity contribution is 9.10. The minimum atomic E-state index is 0.777. The lowest BCUT2D eigenvalue weighted by Gasteiger charge is -2.01. The molecule has 1 aliphatic rings. The third kappa shape index (κ3) is 1.20. The van der Waals surface area contributed by atoms with Crippen molar-refractivity contribution in [3.05, 3.63) is 34.9 Å². The molecule has 1 aromatic heterocycles. The molecule has 1 nitrogen and oxygen atoms in total. The number of nitrogens with zero attached hydrogens (tertiary/aromatic N) is 1. The first kappa shape index (κ1) is 7.63. The first-order valence-corrected chi connectivity index (χ1v) is 5.40. The summed E-state index contributed by atoms with van der Waals surface area (Å²) in [6.07, 6.45) is 4.90. The Hall–Kier alpha value is -0.760. The van der Waals surface area contributed by atoms with Crippen molar-refractivity contribution in [1.29, 1.82) is 0 Å². The van der Waals surface area contributed by atoms with Crippen molar-refractivity contribution in [3.63, 3.8) is 0 Å². The molecule has 0 aliphatic heterocycles. The molecule has 0 bridgehead atoms. The van der Waals surface area contributed by atoms with Gasteiger partial charge in [-0.25, -0.2) is 0 Å². The summed E-state index contributed by atoms with van der Waals surface area (Å²) in [6, 6.07) is 9.45. The van der Waals surface area contributed by atoms with Crippen molar-refractivity contribution < 1.29 is 0 Å². The minimum Gasteiger partial charge on any atom is -0.344 e. The third-order valence-electron chi connectivity index (χ3n) is 2.62. The van der Waals surface area contributed by atoms with Crippen molar-refractivity contribution in [1.82, 2.24) is 4.57 Å². The van der Waals surface area contributed by atoms with E-state index in [1.165, 1.54) is 23.7 Å². The van der Waals surface area contributed by atoms with Crippen molar-refractivity contribution in [3.8, 4) is 0 Å². The van der Waals surface area contributed by atoms with Gasteiger partial charge in [-0.15, -0.1) is 0 Å². The summed E-state index contributed by atoms with van der Waals surface area (Å²) < 4.78 is 3.55. The van der Waals surface area contributed by atoms with E-state index >= 15 is 0 Å². The van der Waals surface area contributed by atoms with Gasteiger partial charge in [-0.3, -0.25) is 0 Å². The molecular weight excluding hydrogens is 226 g/mol. The van der Waals surface area contributed by atoms with Gasteiger partial charge in [0.25, 0.3) is 0 Å². The molecule has 0 radical (unpaired) electrons. The molecule has 0 atom stereocenters. The summed E-state index contributed by atoms with van der Waals surface area (Å²) in [7, 11) is 0. The van der Waals surface area contributed by atoms with Gasteiger partial charge >= 0.3 is 0 Å². The van der Waals surface area contributed by atoms with Crippen molar-refractivity contribution >= 4 is 26.8 Å². The lowest BCUT2D eigenvalue weighted by molar-refractivity contribution is 0.776. The summed E-state index contributed by atoms with van der Waals surface area (Å²) in [6.45, 7) is 0. The monoisotopic (exact) mass is 235 g/mol. The summed E-state index contributed by atoms with van der Waals surface area (Å²) in [4.78, 5) is 0. The fourth-order valence-corrected chi connectivity index (χ4v) is 2.18. The van der Waals surface area contributed by atoms with Gasteiger partial charge < -0.3 is 4.57 Å². The Morgan fingerprint density at radius 1 is 1.23 bits per heavy atom. The van der Waals surface area contributed by atoms with Crippen LogP contribution in [0.5, 0.6) is 0 Å². The number of halogens is 1. The standard InChI is InChI=1S/C11H10BrN/c12-9-1-4-11-8(7-9)5-6-13(11)10-2-3-10/h1,4-7,10H,2-3H2. The van der Waals surface area contributed by atoms with Crippen LogP contribution in [0.3, 0.4) is 0 Å². The molecule has 3 rings (SSSR count). The van der Waals surface area contributed by atoms with Gasteiger partial charge in [0.2, 0.25) is 0 Å². The van der Waals surface area contributed by atoms with Crippen LogP contribution in [-0.4, -0.2) is 4.57 Å². The first-order chi connectivity index (χ1) is 6.34. The Labute approximate surface area is 85.5 Å². The second-order valence-electron chi connectivity index (χ2n) is 3.66. The molecule has 1 aromatic carbocycles. The smallest absolute Gasteiger partial charge is 0.0483 e. The highest BCUT2D eigenvalue weighted by Crippen LogP contribution is 2.38. The lowest BCUT2D eigenvalue weighted by Crippen LogP contribution is -1.89. The highest BCUT2D eigenvalue weighted by Gasteiger charge is 2.23. The maximum absolute atomic E-state index is 3.49. The van der Waals surface area contributed by atoms with Crippen LogP contribution in [0.25, 0.3) is 10.9 Å². The van der Waals surface area contributed by atoms with E-state index in [1.807, 2.05) is 0 Å². The van der Waals surface area contributed by atoms with E-state index in [1.54, 1.807) is 0 Å². The summed E-state index contributed by atoms with van der Waals surface area (Å²) in [5, 5.41) is 1.33. The van der Waals surface area contributed by atoms with Gasteiger partial charge in [-0.2, -0.15) is 0 Å². The van der Waals surface area contributed by atoms with Crippen LogP contribution in [0.15, 0.2) is 34.9 Å². The van der Waals surface area contributed by atoms with Crippen LogP contribution >= 0.6 is 15.9 Å². The van der Waals surface area contributed by atoms with Gasteiger partial charge in [-0.05, 0) is 37.1 Å². The first-order valence-electron chi connectivity index (χ1n) is 4.61. The zero-order chi connectivity index (χ0) is 8.84. The van der Waals surface area contributed by atoms with E-state index in [0.29, 0.717) is 0 Å². The molecule has 0 amide bonds. The molecule has 0 unspecified atom stereocenters. The second-order valence-corrected chi connectivity index (χ2v) is 4.57. The van der Waals surface area contributed by atoms with E-state index in [4.69, 9.17) is 0 Å². The third-order valence-corrected chi connectivity index (χ3v) is 3.12. The Morgan fingerprint density at radius 3 is 2.85 bits per heavy atom. The number of hydrogen-bond donors (Lipinski definition) is 0. The summed E-state index contributed by atoms with van der Waals surface area (Å²) in [5.41, 5.74) is 1.37. The molecule has 1 heterocycles. The van der Waals surface area contributed by atoms with Gasteiger partial charge in [0.1, 0.15) is 0 Å². The predicted molar refractivity (Wildman–Crippen MR) is 57.9 cm³/mol. The Morgan fingerprint density at radius 2 is 2.08 bits per heavy atom. The summed E-state index contributed by atoms with van der Waals surface area (Å²) >= 11 is 3.49. The van der Waals surface area contributed by atoms with Crippen LogP contribution in [0.4, 0.5) is 0 Å². The van der Waals surface area contributed by atoms with E-state index in [9.17, 15) is 0 Å². The van der Waals surface area contributed by atoms with Crippen molar-refractivity contribution in [2.75, 3.05) is 0 Å². The minimum absolute atomic E-state index is 0.777. The number of benzene rings is 1. The van der Waals surface area contributed by atoms with Crippen LogP contribution in [-0.2, 0) is 0 Å². The molecule has 66 valence electrons. The largest absolute Gasteiger partial charge is 0.344 e. The molecule has 1 fully saturated rings. The Bertz CT molecular complexity index is 454. The van der Waals surface area contributed by atoms with Gasteiger partial charge in [0.15, 0.2) is 0 Å². The normalized spacial score (nSPS) is 16.7. The van der Waals surface area contributed by atoms with Crippen LogP contribution < -0.4 is 0 Å². The highest BCUT2D eigenvalue weighted by atomic mass is 79.9. The maximum atomic E-state index is 3.49. The lowest BCUT2D eigenvalue weighted by atomic mass is 10.2. The van der Waals surface area contributed by atoms with Crippen LogP contribution in [0.1, 0.15) is 18.9 Å². The van der Waals surface area contributed by atoms with Gasteiger partial charge in [0, 0.05) is 27.6 Å². The van der Waals surface area contributed by atoms with Crippen molar-refractivity contribution in [2.24, 2.45) is 0 Å². The maximum Gasteiger partial charge on any atom is 0.0483 e.